The van der Waals surface area contributed by atoms with Gasteiger partial charge in [0.1, 0.15) is 0 Å². The van der Waals surface area contributed by atoms with Crippen LogP contribution in [0.15, 0.2) is 73.1 Å². The Bertz CT molecular complexity index is 634. The van der Waals surface area contributed by atoms with Crippen LogP contribution in [-0.4, -0.2) is 9.78 Å². The number of nitrogens with one attached hydrogen (secondary N) is 1. The number of benzene rings is 2. The zero-order valence-electron chi connectivity index (χ0n) is 12.1. The summed E-state index contributed by atoms with van der Waals surface area (Å²) in [4.78, 5) is 0. The number of rotatable bonds is 5. The third-order valence-corrected chi connectivity index (χ3v) is 3.53. The molecule has 106 valence electrons. The van der Waals surface area contributed by atoms with E-state index in [1.165, 1.54) is 11.1 Å². The Kier molecular flexibility index (Phi) is 4.01. The fourth-order valence-corrected chi connectivity index (χ4v) is 2.43. The van der Waals surface area contributed by atoms with E-state index in [4.69, 9.17) is 0 Å². The van der Waals surface area contributed by atoms with Crippen molar-refractivity contribution in [3.05, 3.63) is 84.2 Å². The third-order valence-electron chi connectivity index (χ3n) is 3.53. The molecule has 21 heavy (non-hydrogen) atoms. The van der Waals surface area contributed by atoms with Gasteiger partial charge in [0.05, 0.1) is 17.9 Å². The smallest absolute Gasteiger partial charge is 0.0768 e. The molecular weight excluding hydrogens is 258 g/mol. The lowest BCUT2D eigenvalue weighted by Crippen LogP contribution is -2.11. The number of hydrogen-bond donors (Lipinski definition) is 1. The average Bonchev–Trinajstić information content (AvgIpc) is 3.02. The highest BCUT2D eigenvalue weighted by Gasteiger charge is 2.14. The van der Waals surface area contributed by atoms with Crippen LogP contribution in [0.2, 0.25) is 0 Å². The molecule has 0 bridgehead atoms. The lowest BCUT2D eigenvalue weighted by Gasteiger charge is -2.20. The van der Waals surface area contributed by atoms with Crippen molar-refractivity contribution in [2.75, 3.05) is 5.32 Å². The number of nitrogens with zero attached hydrogens (tertiary/aromatic N) is 2. The van der Waals surface area contributed by atoms with Crippen LogP contribution in [0.4, 0.5) is 5.69 Å². The molecular formula is C18H19N3. The predicted octanol–water partition coefficient (Wildman–Crippen LogP) is 4.10. The lowest BCUT2D eigenvalue weighted by atomic mass is 9.98. The summed E-state index contributed by atoms with van der Waals surface area (Å²) in [6.45, 7) is 2.96. The highest BCUT2D eigenvalue weighted by atomic mass is 15.3. The van der Waals surface area contributed by atoms with E-state index >= 15 is 0 Å². The van der Waals surface area contributed by atoms with Gasteiger partial charge in [0.2, 0.25) is 0 Å². The van der Waals surface area contributed by atoms with E-state index in [0.29, 0.717) is 0 Å². The number of hydrogen-bond acceptors (Lipinski definition) is 2. The summed E-state index contributed by atoms with van der Waals surface area (Å²) >= 11 is 0. The van der Waals surface area contributed by atoms with Crippen LogP contribution in [0.25, 0.3) is 0 Å². The first kappa shape index (κ1) is 13.4. The quantitative estimate of drug-likeness (QED) is 0.760. The van der Waals surface area contributed by atoms with Crippen molar-refractivity contribution in [1.82, 2.24) is 9.78 Å². The first-order valence-electron chi connectivity index (χ1n) is 7.25. The van der Waals surface area contributed by atoms with Crippen LogP contribution in [0.1, 0.15) is 24.1 Å². The van der Waals surface area contributed by atoms with E-state index < -0.39 is 0 Å². The van der Waals surface area contributed by atoms with Crippen molar-refractivity contribution in [3.8, 4) is 0 Å². The minimum atomic E-state index is 0.127. The fourth-order valence-electron chi connectivity index (χ4n) is 2.43. The Morgan fingerprint density at radius 3 is 2.00 bits per heavy atom. The van der Waals surface area contributed by atoms with Gasteiger partial charge in [0.25, 0.3) is 0 Å². The second-order valence-electron chi connectivity index (χ2n) is 4.98. The molecule has 3 rings (SSSR count). The molecule has 3 nitrogen and oxygen atoms in total. The average molecular weight is 277 g/mol. The van der Waals surface area contributed by atoms with Crippen LogP contribution in [0, 0.1) is 0 Å². The maximum Gasteiger partial charge on any atom is 0.0768 e. The van der Waals surface area contributed by atoms with Gasteiger partial charge in [-0.05, 0) is 18.1 Å². The van der Waals surface area contributed by atoms with Gasteiger partial charge in [-0.1, -0.05) is 60.7 Å². The maximum atomic E-state index is 4.33. The summed E-state index contributed by atoms with van der Waals surface area (Å²) in [5.41, 5.74) is 3.52. The van der Waals surface area contributed by atoms with Gasteiger partial charge in [-0.3, -0.25) is 4.68 Å². The Hall–Kier alpha value is -2.55. The van der Waals surface area contributed by atoms with Crippen molar-refractivity contribution in [1.29, 1.82) is 0 Å². The highest BCUT2D eigenvalue weighted by molar-refractivity contribution is 5.46. The van der Waals surface area contributed by atoms with Crippen LogP contribution in [0.3, 0.4) is 0 Å². The lowest BCUT2D eigenvalue weighted by molar-refractivity contribution is 0.660. The summed E-state index contributed by atoms with van der Waals surface area (Å²) in [6.07, 6.45) is 3.92. The Morgan fingerprint density at radius 1 is 0.952 bits per heavy atom. The minimum Gasteiger partial charge on any atom is -0.372 e. The summed E-state index contributed by atoms with van der Waals surface area (Å²) < 4.78 is 1.93. The van der Waals surface area contributed by atoms with Crippen molar-refractivity contribution < 1.29 is 0 Å². The molecule has 0 saturated carbocycles. The Morgan fingerprint density at radius 2 is 1.52 bits per heavy atom. The number of anilines is 1. The maximum absolute atomic E-state index is 4.33. The molecule has 3 aromatic rings. The van der Waals surface area contributed by atoms with Gasteiger partial charge in [-0.25, -0.2) is 0 Å². The zero-order valence-corrected chi connectivity index (χ0v) is 12.1. The van der Waals surface area contributed by atoms with E-state index in [1.54, 1.807) is 0 Å². The number of aromatic nitrogens is 2. The van der Waals surface area contributed by atoms with Crippen molar-refractivity contribution in [2.45, 2.75) is 19.5 Å². The molecule has 0 aliphatic heterocycles. The molecule has 2 aromatic carbocycles. The largest absolute Gasteiger partial charge is 0.372 e. The topological polar surface area (TPSA) is 29.9 Å². The van der Waals surface area contributed by atoms with E-state index in [1.807, 2.05) is 29.2 Å². The van der Waals surface area contributed by atoms with E-state index in [-0.39, 0.29) is 6.04 Å². The van der Waals surface area contributed by atoms with Crippen molar-refractivity contribution >= 4 is 5.69 Å². The molecule has 1 aromatic heterocycles. The number of aryl methyl sites for hydroxylation is 1. The van der Waals surface area contributed by atoms with Crippen LogP contribution in [-0.2, 0) is 6.54 Å². The normalized spacial score (nSPS) is 10.8. The summed E-state index contributed by atoms with van der Waals surface area (Å²) in [6, 6.07) is 21.1. The molecule has 0 saturated heterocycles. The fraction of sp³-hybridized carbons (Fsp3) is 0.167. The first-order chi connectivity index (χ1) is 10.4. The SMILES string of the molecule is CCn1cc(NC(c2ccccc2)c2ccccc2)cn1. The van der Waals surface area contributed by atoms with Gasteiger partial charge in [0, 0.05) is 12.7 Å². The Balaban J connectivity index is 1.93. The molecule has 0 spiro atoms. The summed E-state index contributed by atoms with van der Waals surface area (Å²) in [5.74, 6) is 0. The van der Waals surface area contributed by atoms with Crippen LogP contribution >= 0.6 is 0 Å². The van der Waals surface area contributed by atoms with Gasteiger partial charge < -0.3 is 5.32 Å². The molecule has 0 unspecified atom stereocenters. The molecule has 0 amide bonds. The van der Waals surface area contributed by atoms with Gasteiger partial charge in [-0.2, -0.15) is 5.10 Å². The second kappa shape index (κ2) is 6.27. The van der Waals surface area contributed by atoms with Crippen molar-refractivity contribution in [2.24, 2.45) is 0 Å². The molecule has 1 heterocycles. The highest BCUT2D eigenvalue weighted by Crippen LogP contribution is 2.26. The summed E-state index contributed by atoms with van der Waals surface area (Å²) in [7, 11) is 0. The summed E-state index contributed by atoms with van der Waals surface area (Å²) in [5, 5.41) is 7.91. The molecule has 3 heteroatoms. The molecule has 0 atom stereocenters. The molecule has 0 fully saturated rings. The minimum absolute atomic E-state index is 0.127. The third kappa shape index (κ3) is 3.14. The standard InChI is InChI=1S/C18H19N3/c1-2-21-14-17(13-19-21)20-18(15-9-5-3-6-10-15)16-11-7-4-8-12-16/h3-14,18,20H,2H2,1H3. The van der Waals surface area contributed by atoms with Crippen molar-refractivity contribution in [3.63, 3.8) is 0 Å². The molecule has 0 aliphatic rings. The van der Waals surface area contributed by atoms with Crippen LogP contribution < -0.4 is 5.32 Å². The van der Waals surface area contributed by atoms with E-state index in [9.17, 15) is 0 Å². The monoisotopic (exact) mass is 277 g/mol. The Labute approximate surface area is 125 Å². The molecule has 1 N–H and O–H groups in total. The van der Waals surface area contributed by atoms with E-state index in [0.717, 1.165) is 12.2 Å². The molecule has 0 aliphatic carbocycles. The predicted molar refractivity (Wildman–Crippen MR) is 86.3 cm³/mol. The van der Waals surface area contributed by atoms with Gasteiger partial charge >= 0.3 is 0 Å². The van der Waals surface area contributed by atoms with Crippen LogP contribution in [0.5, 0.6) is 0 Å². The second-order valence-corrected chi connectivity index (χ2v) is 4.98. The van der Waals surface area contributed by atoms with E-state index in [2.05, 4.69) is 65.9 Å². The zero-order chi connectivity index (χ0) is 14.5. The first-order valence-corrected chi connectivity index (χ1v) is 7.25. The molecule has 0 radical (unpaired) electrons. The van der Waals surface area contributed by atoms with Gasteiger partial charge in [-0.15, -0.1) is 0 Å². The van der Waals surface area contributed by atoms with Gasteiger partial charge in [0.15, 0.2) is 0 Å².